The van der Waals surface area contributed by atoms with Gasteiger partial charge in [0.2, 0.25) is 5.13 Å². The van der Waals surface area contributed by atoms with Gasteiger partial charge in [0.25, 0.3) is 0 Å². The van der Waals surface area contributed by atoms with Gasteiger partial charge in [0.1, 0.15) is 28.8 Å². The number of azo groups is 1. The number of allylic oxidation sites excluding steroid dienone is 1. The number of benzene rings is 4. The fourth-order valence-electron chi connectivity index (χ4n) is 7.82. The van der Waals surface area contributed by atoms with Gasteiger partial charge in [-0.25, -0.2) is 15.0 Å². The van der Waals surface area contributed by atoms with Gasteiger partial charge in [-0.05, 0) is 107 Å². The minimum atomic E-state index is 0.275. The molecule has 4 aromatic carbocycles. The number of pyridine rings is 1. The highest BCUT2D eigenvalue weighted by atomic mass is 32.1. The van der Waals surface area contributed by atoms with Crippen LogP contribution in [0.2, 0.25) is 0 Å². The molecule has 9 rings (SSSR count). The maximum Gasteiger partial charge on any atom is 0.213 e. The number of nitriles is 1. The maximum atomic E-state index is 10.7. The summed E-state index contributed by atoms with van der Waals surface area (Å²) in [6, 6.07) is 32.6. The molecule has 59 heavy (non-hydrogen) atoms. The largest absolute Gasteiger partial charge is 0.338 e. The number of thiazole rings is 2. The van der Waals surface area contributed by atoms with Crippen molar-refractivity contribution in [3.8, 4) is 22.5 Å². The molecular formula is C47H40N10S2. The third kappa shape index (κ3) is 7.20. The molecule has 0 amide bonds. The summed E-state index contributed by atoms with van der Waals surface area (Å²) in [5.74, 6) is 1.46. The summed E-state index contributed by atoms with van der Waals surface area (Å²) in [7, 11) is 0. The third-order valence-corrected chi connectivity index (χ3v) is 12.4. The van der Waals surface area contributed by atoms with E-state index < -0.39 is 0 Å². The summed E-state index contributed by atoms with van der Waals surface area (Å²) in [6.45, 7) is 12.7. The predicted octanol–water partition coefficient (Wildman–Crippen LogP) is 13.3. The minimum Gasteiger partial charge on any atom is -0.338 e. The molecule has 0 aliphatic heterocycles. The Hall–Kier alpha value is -6.81. The Labute approximate surface area is 350 Å². The van der Waals surface area contributed by atoms with Gasteiger partial charge in [-0.3, -0.25) is 4.90 Å². The van der Waals surface area contributed by atoms with Gasteiger partial charge >= 0.3 is 0 Å². The summed E-state index contributed by atoms with van der Waals surface area (Å²) in [4.78, 5) is 18.8. The first kappa shape index (κ1) is 37.7. The van der Waals surface area contributed by atoms with Crippen LogP contribution in [0.15, 0.2) is 107 Å². The molecule has 0 unspecified atom stereocenters. The Morgan fingerprint density at radius 2 is 1.49 bits per heavy atom. The Morgan fingerprint density at radius 1 is 0.780 bits per heavy atom. The van der Waals surface area contributed by atoms with E-state index in [1.807, 2.05) is 66.7 Å². The van der Waals surface area contributed by atoms with E-state index in [0.29, 0.717) is 33.7 Å². The first-order chi connectivity index (χ1) is 28.6. The van der Waals surface area contributed by atoms with E-state index in [-0.39, 0.29) is 5.82 Å². The quantitative estimate of drug-likeness (QED) is 0.144. The lowest BCUT2D eigenvalue weighted by Crippen LogP contribution is -2.15. The third-order valence-electron chi connectivity index (χ3n) is 10.3. The van der Waals surface area contributed by atoms with Gasteiger partial charge in [-0.2, -0.15) is 15.0 Å². The molecule has 10 nitrogen and oxygen atoms in total. The van der Waals surface area contributed by atoms with E-state index in [1.165, 1.54) is 27.3 Å². The molecule has 0 spiro atoms. The van der Waals surface area contributed by atoms with Crippen molar-refractivity contribution in [2.24, 2.45) is 10.2 Å². The molecule has 0 saturated carbocycles. The van der Waals surface area contributed by atoms with Crippen LogP contribution in [-0.4, -0.2) is 24.7 Å². The number of hydrogen-bond acceptors (Lipinski definition) is 11. The van der Waals surface area contributed by atoms with Gasteiger partial charge in [-0.1, -0.05) is 107 Å². The molecular weight excluding hydrogens is 769 g/mol. The summed E-state index contributed by atoms with van der Waals surface area (Å²) < 4.78 is 2.62. The van der Waals surface area contributed by atoms with Crippen molar-refractivity contribution in [3.63, 3.8) is 0 Å². The van der Waals surface area contributed by atoms with E-state index in [0.717, 1.165) is 73.1 Å². The normalized spacial score (nSPS) is 12.3. The molecule has 290 valence electrons. The topological polar surface area (TPSA) is 120 Å². The van der Waals surface area contributed by atoms with Crippen LogP contribution in [0.1, 0.15) is 55.9 Å². The lowest BCUT2D eigenvalue weighted by molar-refractivity contribution is 0.866. The van der Waals surface area contributed by atoms with E-state index in [2.05, 4.69) is 94.2 Å². The summed E-state index contributed by atoms with van der Waals surface area (Å²) >= 11 is 3.14. The van der Waals surface area contributed by atoms with E-state index in [4.69, 9.17) is 30.3 Å². The Bertz CT molecular complexity index is 2940. The van der Waals surface area contributed by atoms with E-state index >= 15 is 0 Å². The number of anilines is 5. The van der Waals surface area contributed by atoms with Crippen molar-refractivity contribution in [1.29, 1.82) is 5.26 Å². The van der Waals surface area contributed by atoms with Crippen LogP contribution in [0.5, 0.6) is 0 Å². The van der Waals surface area contributed by atoms with Crippen LogP contribution < -0.4 is 10.2 Å². The van der Waals surface area contributed by atoms with Crippen molar-refractivity contribution in [2.45, 2.75) is 54.4 Å². The summed E-state index contributed by atoms with van der Waals surface area (Å²) in [5.41, 5.74) is 12.7. The van der Waals surface area contributed by atoms with Crippen molar-refractivity contribution < 1.29 is 0 Å². The van der Waals surface area contributed by atoms with Crippen molar-refractivity contribution in [1.82, 2.24) is 24.7 Å². The molecule has 8 aromatic rings. The molecule has 0 radical (unpaired) electrons. The molecule has 1 aliphatic rings. The number of fused-ring (bicyclic) bond motifs is 2. The fourth-order valence-corrected chi connectivity index (χ4v) is 9.80. The molecule has 0 bridgehead atoms. The fraction of sp³-hybridized carbons (Fsp3) is 0.170. The maximum absolute atomic E-state index is 10.7. The van der Waals surface area contributed by atoms with E-state index in [1.54, 1.807) is 16.0 Å². The smallest absolute Gasteiger partial charge is 0.213 e. The number of nitrogens with one attached hydrogen (secondary N) is 1. The Balaban J connectivity index is 1.23. The van der Waals surface area contributed by atoms with Crippen LogP contribution in [-0.2, 0) is 6.42 Å². The minimum absolute atomic E-state index is 0.275. The van der Waals surface area contributed by atoms with Crippen molar-refractivity contribution in [3.05, 3.63) is 147 Å². The molecule has 4 heterocycles. The molecule has 12 heteroatoms. The zero-order valence-electron chi connectivity index (χ0n) is 33.6. The van der Waals surface area contributed by atoms with Crippen LogP contribution in [0, 0.1) is 52.9 Å². The number of hydrogen-bond donors (Lipinski definition) is 1. The second-order valence-electron chi connectivity index (χ2n) is 14.9. The first-order valence-electron chi connectivity index (χ1n) is 19.4. The Kier molecular flexibility index (Phi) is 9.92. The SMILES string of the molecule is Cc1cc(C)c(Nc2nc(N(c3nc4c(s3)C=CCC4)c3c(C)cc(C)cc3C)ccc2N=Nc2c(C#N)c(-c3ccccc3)nn2-c2nc3ccccc3s2)c(C)c1. The van der Waals surface area contributed by atoms with Crippen molar-refractivity contribution in [2.75, 3.05) is 10.2 Å². The lowest BCUT2D eigenvalue weighted by atomic mass is 10.0. The monoisotopic (exact) mass is 808 g/mol. The van der Waals surface area contributed by atoms with Crippen LogP contribution in [0.4, 0.5) is 39.6 Å². The van der Waals surface area contributed by atoms with Gasteiger partial charge in [0.15, 0.2) is 16.8 Å². The first-order valence-corrected chi connectivity index (χ1v) is 21.0. The molecule has 4 aromatic heterocycles. The van der Waals surface area contributed by atoms with Gasteiger partial charge in [0.05, 0.1) is 26.5 Å². The zero-order chi connectivity index (χ0) is 40.8. The average molecular weight is 809 g/mol. The highest BCUT2D eigenvalue weighted by molar-refractivity contribution is 7.20. The highest BCUT2D eigenvalue weighted by Gasteiger charge is 2.26. The van der Waals surface area contributed by atoms with Gasteiger partial charge in [0, 0.05) is 11.3 Å². The number of rotatable bonds is 9. The highest BCUT2D eigenvalue weighted by Crippen LogP contribution is 2.44. The number of aryl methyl sites for hydroxylation is 7. The second kappa shape index (κ2) is 15.5. The average Bonchev–Trinajstić information content (AvgIpc) is 3.95. The lowest BCUT2D eigenvalue weighted by Gasteiger charge is -2.26. The molecule has 0 saturated heterocycles. The van der Waals surface area contributed by atoms with E-state index in [9.17, 15) is 5.26 Å². The van der Waals surface area contributed by atoms with Gasteiger partial charge < -0.3 is 5.32 Å². The summed E-state index contributed by atoms with van der Waals surface area (Å²) in [5, 5.41) is 30.4. The molecule has 1 aliphatic carbocycles. The Morgan fingerprint density at radius 3 is 2.20 bits per heavy atom. The van der Waals surface area contributed by atoms with Crippen molar-refractivity contribution >= 4 is 78.6 Å². The standard InChI is InChI=1S/C47H40N10S2/c1-27-22-29(3)41(30(4)23-27)52-44-37(20-21-40(51-44)56(43-31(5)24-28(2)25-32(43)6)46-49-35-16-10-12-18-38(35)58-46)53-54-45-34(26-48)42(33-14-8-7-9-15-33)55-57(45)47-50-36-17-11-13-19-39(36)59-47/h7-9,11-15,17-25H,10,16H2,1-6H3,(H,51,52). The van der Waals surface area contributed by atoms with Crippen LogP contribution in [0.25, 0.3) is 32.7 Å². The zero-order valence-corrected chi connectivity index (χ0v) is 35.2. The number of nitrogens with zero attached hydrogens (tertiary/aromatic N) is 9. The summed E-state index contributed by atoms with van der Waals surface area (Å²) in [6.07, 6.45) is 6.26. The molecule has 1 N–H and O–H groups in total. The molecule has 0 atom stereocenters. The van der Waals surface area contributed by atoms with Gasteiger partial charge in [-0.15, -0.1) is 10.2 Å². The van der Waals surface area contributed by atoms with Crippen LogP contribution in [0.3, 0.4) is 0 Å². The second-order valence-corrected chi connectivity index (χ2v) is 16.9. The molecule has 0 fully saturated rings. The van der Waals surface area contributed by atoms with Crippen LogP contribution >= 0.6 is 22.7 Å². The predicted molar refractivity (Wildman–Crippen MR) is 241 cm³/mol. The number of para-hydroxylation sites is 1. The number of aromatic nitrogens is 5.